The standard InChI is InChI=1S/C14H14N2O3/c15-13(17)9-19-16-14(18)8-10-5-6-11-3-1-2-4-12(11)7-10/h1-7H,8-9H2,(H2,15,17)(H,16,18). The first-order valence-electron chi connectivity index (χ1n) is 5.82. The van der Waals surface area contributed by atoms with E-state index in [4.69, 9.17) is 5.73 Å². The van der Waals surface area contributed by atoms with Crippen LogP contribution in [0.2, 0.25) is 0 Å². The Morgan fingerprint density at radius 1 is 1.11 bits per heavy atom. The van der Waals surface area contributed by atoms with Gasteiger partial charge in [0.05, 0.1) is 6.42 Å². The lowest BCUT2D eigenvalue weighted by molar-refractivity contribution is -0.137. The fourth-order valence-corrected chi connectivity index (χ4v) is 1.76. The average Bonchev–Trinajstić information content (AvgIpc) is 2.38. The molecule has 0 radical (unpaired) electrons. The topological polar surface area (TPSA) is 81.4 Å². The van der Waals surface area contributed by atoms with Gasteiger partial charge in [0.25, 0.3) is 0 Å². The van der Waals surface area contributed by atoms with Crippen molar-refractivity contribution in [2.45, 2.75) is 6.42 Å². The van der Waals surface area contributed by atoms with Gasteiger partial charge in [0.2, 0.25) is 11.8 Å². The Hall–Kier alpha value is -2.40. The van der Waals surface area contributed by atoms with Gasteiger partial charge in [0.1, 0.15) is 0 Å². The van der Waals surface area contributed by atoms with Crippen LogP contribution >= 0.6 is 0 Å². The highest BCUT2D eigenvalue weighted by Gasteiger charge is 2.05. The summed E-state index contributed by atoms with van der Waals surface area (Å²) in [7, 11) is 0. The second kappa shape index (κ2) is 5.97. The summed E-state index contributed by atoms with van der Waals surface area (Å²) in [5.74, 6) is -0.956. The van der Waals surface area contributed by atoms with E-state index in [9.17, 15) is 9.59 Å². The van der Waals surface area contributed by atoms with Crippen LogP contribution in [-0.4, -0.2) is 18.4 Å². The molecule has 0 atom stereocenters. The van der Waals surface area contributed by atoms with Crippen LogP contribution in [0.15, 0.2) is 42.5 Å². The van der Waals surface area contributed by atoms with Gasteiger partial charge in [-0.1, -0.05) is 42.5 Å². The Kier molecular flexibility index (Phi) is 4.10. The number of rotatable bonds is 5. The molecule has 3 N–H and O–H groups in total. The predicted molar refractivity (Wildman–Crippen MR) is 70.9 cm³/mol. The molecular formula is C14H14N2O3. The molecule has 0 saturated heterocycles. The van der Waals surface area contributed by atoms with Crippen LogP contribution in [0.25, 0.3) is 10.8 Å². The summed E-state index contributed by atoms with van der Waals surface area (Å²) in [6, 6.07) is 13.7. The fourth-order valence-electron chi connectivity index (χ4n) is 1.76. The van der Waals surface area contributed by atoms with Crippen molar-refractivity contribution in [3.05, 3.63) is 48.0 Å². The van der Waals surface area contributed by atoms with Crippen LogP contribution in [0, 0.1) is 0 Å². The molecule has 2 aromatic carbocycles. The summed E-state index contributed by atoms with van der Waals surface area (Å²) in [6.07, 6.45) is 0.184. The van der Waals surface area contributed by atoms with Crippen molar-refractivity contribution in [1.82, 2.24) is 5.48 Å². The lowest BCUT2D eigenvalue weighted by atomic mass is 10.1. The molecule has 0 fully saturated rings. The quantitative estimate of drug-likeness (QED) is 0.782. The average molecular weight is 258 g/mol. The number of carbonyl (C=O) groups excluding carboxylic acids is 2. The van der Waals surface area contributed by atoms with Gasteiger partial charge < -0.3 is 5.73 Å². The number of hydrogen-bond acceptors (Lipinski definition) is 3. The van der Waals surface area contributed by atoms with Crippen LogP contribution < -0.4 is 11.2 Å². The van der Waals surface area contributed by atoms with E-state index in [2.05, 4.69) is 10.3 Å². The number of nitrogens with one attached hydrogen (secondary N) is 1. The van der Waals surface area contributed by atoms with Gasteiger partial charge in [-0.2, -0.15) is 0 Å². The maximum absolute atomic E-state index is 11.5. The summed E-state index contributed by atoms with van der Waals surface area (Å²) in [6.45, 7) is -0.330. The summed E-state index contributed by atoms with van der Waals surface area (Å²) < 4.78 is 0. The van der Waals surface area contributed by atoms with E-state index in [-0.39, 0.29) is 18.9 Å². The van der Waals surface area contributed by atoms with Crippen molar-refractivity contribution in [1.29, 1.82) is 0 Å². The Labute approximate surface area is 110 Å². The molecule has 0 saturated carbocycles. The van der Waals surface area contributed by atoms with Gasteiger partial charge in [-0.05, 0) is 16.3 Å². The molecule has 5 heteroatoms. The van der Waals surface area contributed by atoms with Crippen molar-refractivity contribution < 1.29 is 14.4 Å². The number of fused-ring (bicyclic) bond motifs is 1. The number of hydrogen-bond donors (Lipinski definition) is 2. The van der Waals surface area contributed by atoms with Crippen molar-refractivity contribution in [2.24, 2.45) is 5.73 Å². The lowest BCUT2D eigenvalue weighted by Crippen LogP contribution is -2.30. The molecule has 98 valence electrons. The highest BCUT2D eigenvalue weighted by molar-refractivity contribution is 5.85. The third-order valence-corrected chi connectivity index (χ3v) is 2.58. The summed E-state index contributed by atoms with van der Waals surface area (Å²) >= 11 is 0. The molecule has 0 aromatic heterocycles. The third-order valence-electron chi connectivity index (χ3n) is 2.58. The first kappa shape index (κ1) is 13.0. The largest absolute Gasteiger partial charge is 0.368 e. The monoisotopic (exact) mass is 258 g/mol. The highest BCUT2D eigenvalue weighted by Crippen LogP contribution is 2.15. The van der Waals surface area contributed by atoms with Crippen molar-refractivity contribution in [2.75, 3.05) is 6.61 Å². The second-order valence-corrected chi connectivity index (χ2v) is 4.14. The SMILES string of the molecule is NC(=O)CONC(=O)Cc1ccc2ccccc2c1. The lowest BCUT2D eigenvalue weighted by Gasteiger charge is -2.05. The van der Waals surface area contributed by atoms with E-state index in [1.165, 1.54) is 0 Å². The van der Waals surface area contributed by atoms with Crippen molar-refractivity contribution in [3.63, 3.8) is 0 Å². The number of carbonyl (C=O) groups is 2. The van der Waals surface area contributed by atoms with Gasteiger partial charge in [-0.25, -0.2) is 5.48 Å². The summed E-state index contributed by atoms with van der Waals surface area (Å²) in [4.78, 5) is 26.6. The van der Waals surface area contributed by atoms with E-state index in [1.807, 2.05) is 42.5 Å². The molecule has 2 rings (SSSR count). The van der Waals surface area contributed by atoms with Crippen LogP contribution in [-0.2, 0) is 20.8 Å². The van der Waals surface area contributed by atoms with Crippen molar-refractivity contribution in [3.8, 4) is 0 Å². The molecule has 2 aromatic rings. The molecule has 2 amide bonds. The second-order valence-electron chi connectivity index (χ2n) is 4.14. The van der Waals surface area contributed by atoms with E-state index >= 15 is 0 Å². The van der Waals surface area contributed by atoms with Gasteiger partial charge in [-0.3, -0.25) is 14.4 Å². The molecule has 0 heterocycles. The first-order chi connectivity index (χ1) is 9.15. The third kappa shape index (κ3) is 3.79. The van der Waals surface area contributed by atoms with Gasteiger partial charge in [0, 0.05) is 0 Å². The molecule has 0 unspecified atom stereocenters. The van der Waals surface area contributed by atoms with Crippen LogP contribution in [0.3, 0.4) is 0 Å². The zero-order valence-electron chi connectivity index (χ0n) is 10.3. The predicted octanol–water partition coefficient (Wildman–Crippen LogP) is 0.915. The van der Waals surface area contributed by atoms with Crippen LogP contribution in [0.1, 0.15) is 5.56 Å². The minimum Gasteiger partial charge on any atom is -0.368 e. The van der Waals surface area contributed by atoms with Gasteiger partial charge in [0.15, 0.2) is 6.61 Å². The molecule has 5 nitrogen and oxygen atoms in total. The summed E-state index contributed by atoms with van der Waals surface area (Å²) in [5, 5.41) is 2.20. The number of amides is 2. The maximum Gasteiger partial charge on any atom is 0.247 e. The normalized spacial score (nSPS) is 10.3. The van der Waals surface area contributed by atoms with Gasteiger partial charge >= 0.3 is 0 Å². The number of hydroxylamine groups is 1. The molecule has 0 spiro atoms. The highest BCUT2D eigenvalue weighted by atomic mass is 16.7. The number of primary amides is 1. The fraction of sp³-hybridized carbons (Fsp3) is 0.143. The van der Waals surface area contributed by atoms with Gasteiger partial charge in [-0.15, -0.1) is 0 Å². The molecule has 0 aliphatic heterocycles. The van der Waals surface area contributed by atoms with E-state index in [0.717, 1.165) is 16.3 Å². The molecule has 0 aliphatic carbocycles. The smallest absolute Gasteiger partial charge is 0.247 e. The Morgan fingerprint density at radius 3 is 2.58 bits per heavy atom. The molecule has 0 aliphatic rings. The summed E-state index contributed by atoms with van der Waals surface area (Å²) in [5.41, 5.74) is 7.92. The van der Waals surface area contributed by atoms with Crippen LogP contribution in [0.4, 0.5) is 0 Å². The van der Waals surface area contributed by atoms with E-state index in [1.54, 1.807) is 0 Å². The zero-order valence-corrected chi connectivity index (χ0v) is 10.3. The molecule has 0 bridgehead atoms. The van der Waals surface area contributed by atoms with E-state index < -0.39 is 5.91 Å². The first-order valence-corrected chi connectivity index (χ1v) is 5.82. The maximum atomic E-state index is 11.5. The molecule has 19 heavy (non-hydrogen) atoms. The van der Waals surface area contributed by atoms with Crippen molar-refractivity contribution >= 4 is 22.6 Å². The number of nitrogens with two attached hydrogens (primary N) is 1. The number of benzene rings is 2. The Morgan fingerprint density at radius 2 is 1.84 bits per heavy atom. The van der Waals surface area contributed by atoms with E-state index in [0.29, 0.717) is 0 Å². The zero-order chi connectivity index (χ0) is 13.7. The minimum absolute atomic E-state index is 0.184. The van der Waals surface area contributed by atoms with Crippen LogP contribution in [0.5, 0.6) is 0 Å². The minimum atomic E-state index is -0.633. The Bertz CT molecular complexity index is 610. The molecular weight excluding hydrogens is 244 g/mol. The Balaban J connectivity index is 1.97.